The zero-order valence-electron chi connectivity index (χ0n) is 16.4. The zero-order valence-corrected chi connectivity index (χ0v) is 16.4. The Morgan fingerprint density at radius 2 is 1.87 bits per heavy atom. The fraction of sp³-hybridized carbons (Fsp3) is 0.174. The Morgan fingerprint density at radius 1 is 1.07 bits per heavy atom. The van der Waals surface area contributed by atoms with Crippen molar-refractivity contribution in [1.82, 2.24) is 24.4 Å². The molecule has 1 aliphatic heterocycles. The highest BCUT2D eigenvalue weighted by atomic mass is 16.5. The first-order valence-electron chi connectivity index (χ1n) is 9.90. The number of morpholine rings is 1. The Kier molecular flexibility index (Phi) is 4.86. The van der Waals surface area contributed by atoms with Crippen molar-refractivity contribution in [3.63, 3.8) is 0 Å². The van der Waals surface area contributed by atoms with Crippen molar-refractivity contribution in [2.45, 2.75) is 0 Å². The summed E-state index contributed by atoms with van der Waals surface area (Å²) < 4.78 is 7.34. The second-order valence-corrected chi connectivity index (χ2v) is 7.13. The number of aromatic amines is 1. The monoisotopic (exact) mass is 399 g/mol. The van der Waals surface area contributed by atoms with Gasteiger partial charge in [-0.3, -0.25) is 4.79 Å². The maximum Gasteiger partial charge on any atom is 0.257 e. The van der Waals surface area contributed by atoms with E-state index in [1.807, 2.05) is 70.3 Å². The van der Waals surface area contributed by atoms with Gasteiger partial charge in [0, 0.05) is 31.2 Å². The van der Waals surface area contributed by atoms with Crippen LogP contribution in [0.25, 0.3) is 28.4 Å². The minimum atomic E-state index is -0.0453. The third-order valence-electron chi connectivity index (χ3n) is 5.18. The van der Waals surface area contributed by atoms with Gasteiger partial charge in [0.15, 0.2) is 0 Å². The van der Waals surface area contributed by atoms with Crippen molar-refractivity contribution in [2.75, 3.05) is 26.3 Å². The number of hydrogen-bond acceptors (Lipinski definition) is 4. The van der Waals surface area contributed by atoms with Crippen LogP contribution in [0.5, 0.6) is 0 Å². The van der Waals surface area contributed by atoms with E-state index in [-0.39, 0.29) is 5.91 Å². The Balaban J connectivity index is 1.53. The number of hydrogen-bond donors (Lipinski definition) is 1. The van der Waals surface area contributed by atoms with Crippen LogP contribution in [0.2, 0.25) is 0 Å². The van der Waals surface area contributed by atoms with E-state index in [4.69, 9.17) is 4.74 Å². The minimum Gasteiger partial charge on any atom is -0.378 e. The van der Waals surface area contributed by atoms with Gasteiger partial charge in [-0.05, 0) is 35.9 Å². The van der Waals surface area contributed by atoms with Gasteiger partial charge in [0.05, 0.1) is 36.1 Å². The summed E-state index contributed by atoms with van der Waals surface area (Å²) in [6, 6.07) is 15.8. The largest absolute Gasteiger partial charge is 0.378 e. The smallest absolute Gasteiger partial charge is 0.257 e. The first kappa shape index (κ1) is 18.3. The molecule has 7 heteroatoms. The van der Waals surface area contributed by atoms with Crippen molar-refractivity contribution in [3.8, 4) is 5.69 Å². The highest BCUT2D eigenvalue weighted by molar-refractivity contribution is 6.23. The number of carbonyl (C=O) groups excluding carboxylic acids is 1. The Bertz CT molecular complexity index is 1150. The molecule has 1 amide bonds. The fourth-order valence-corrected chi connectivity index (χ4v) is 3.57. The van der Waals surface area contributed by atoms with E-state index in [9.17, 15) is 4.79 Å². The summed E-state index contributed by atoms with van der Waals surface area (Å²) in [7, 11) is 0. The predicted molar refractivity (Wildman–Crippen MR) is 115 cm³/mol. The molecule has 4 aromatic rings. The predicted octanol–water partition coefficient (Wildman–Crippen LogP) is 3.15. The van der Waals surface area contributed by atoms with Gasteiger partial charge in [0.1, 0.15) is 5.82 Å². The first-order chi connectivity index (χ1) is 14.8. The third kappa shape index (κ3) is 3.62. The summed E-state index contributed by atoms with van der Waals surface area (Å²) in [5.41, 5.74) is 4.22. The average molecular weight is 399 g/mol. The molecule has 30 heavy (non-hydrogen) atoms. The summed E-state index contributed by atoms with van der Waals surface area (Å²) in [6.45, 7) is 2.27. The summed E-state index contributed by atoms with van der Waals surface area (Å²) in [4.78, 5) is 27.2. The molecular weight excluding hydrogens is 378 g/mol. The van der Waals surface area contributed by atoms with E-state index in [0.29, 0.717) is 37.7 Å². The van der Waals surface area contributed by atoms with Gasteiger partial charge in [-0.2, -0.15) is 0 Å². The summed E-state index contributed by atoms with van der Waals surface area (Å²) in [6.07, 6.45) is 7.29. The van der Waals surface area contributed by atoms with Crippen LogP contribution in [0.3, 0.4) is 0 Å². The van der Waals surface area contributed by atoms with Gasteiger partial charge in [-0.25, -0.2) is 9.97 Å². The second kappa shape index (κ2) is 7.96. The lowest BCUT2D eigenvalue weighted by molar-refractivity contribution is -0.128. The SMILES string of the molecule is O=C(C(=Cc1ccc(-n2ccnc2)cc1)c1nc2ccccc2[nH]1)N1CCOCC1. The van der Waals surface area contributed by atoms with Crippen LogP contribution >= 0.6 is 0 Å². The van der Waals surface area contributed by atoms with Gasteiger partial charge in [-0.15, -0.1) is 0 Å². The van der Waals surface area contributed by atoms with Crippen molar-refractivity contribution < 1.29 is 9.53 Å². The second-order valence-electron chi connectivity index (χ2n) is 7.13. The number of ether oxygens (including phenoxy) is 1. The van der Waals surface area contributed by atoms with Gasteiger partial charge in [0.25, 0.3) is 5.91 Å². The molecule has 150 valence electrons. The fourth-order valence-electron chi connectivity index (χ4n) is 3.57. The minimum absolute atomic E-state index is 0.0453. The molecule has 1 N–H and O–H groups in total. The molecule has 0 spiro atoms. The highest BCUT2D eigenvalue weighted by Crippen LogP contribution is 2.23. The number of imidazole rings is 2. The van der Waals surface area contributed by atoms with Crippen LogP contribution in [-0.2, 0) is 9.53 Å². The summed E-state index contributed by atoms with van der Waals surface area (Å²) >= 11 is 0. The summed E-state index contributed by atoms with van der Waals surface area (Å²) in [5.74, 6) is 0.530. The Labute approximate surface area is 173 Å². The number of amides is 1. The van der Waals surface area contributed by atoms with Crippen LogP contribution < -0.4 is 0 Å². The standard InChI is InChI=1S/C23H21N5O2/c29-23(27-11-13-30-14-12-27)19(22-25-20-3-1-2-4-21(20)26-22)15-17-5-7-18(8-6-17)28-10-9-24-16-28/h1-10,15-16H,11-14H2,(H,25,26). The number of fused-ring (bicyclic) bond motifs is 1. The molecule has 3 heterocycles. The number of carbonyl (C=O) groups is 1. The molecule has 0 aliphatic carbocycles. The van der Waals surface area contributed by atoms with Crippen LogP contribution in [0.15, 0.2) is 67.3 Å². The topological polar surface area (TPSA) is 76.0 Å². The van der Waals surface area contributed by atoms with Gasteiger partial charge in [-0.1, -0.05) is 24.3 Å². The number of nitrogens with one attached hydrogen (secondary N) is 1. The molecular formula is C23H21N5O2. The lowest BCUT2D eigenvalue weighted by Crippen LogP contribution is -2.41. The number of benzene rings is 2. The molecule has 0 bridgehead atoms. The Hall–Kier alpha value is -3.71. The van der Waals surface area contributed by atoms with E-state index in [0.717, 1.165) is 22.3 Å². The lowest BCUT2D eigenvalue weighted by Gasteiger charge is -2.27. The zero-order chi connectivity index (χ0) is 20.3. The maximum absolute atomic E-state index is 13.4. The molecule has 0 saturated carbocycles. The molecule has 0 radical (unpaired) electrons. The molecule has 2 aromatic heterocycles. The van der Waals surface area contributed by atoms with E-state index in [1.165, 1.54) is 0 Å². The number of aromatic nitrogens is 4. The maximum atomic E-state index is 13.4. The number of rotatable bonds is 4. The third-order valence-corrected chi connectivity index (χ3v) is 5.18. The van der Waals surface area contributed by atoms with Crippen LogP contribution in [0.1, 0.15) is 11.4 Å². The quantitative estimate of drug-likeness (QED) is 0.535. The normalized spacial score (nSPS) is 14.9. The van der Waals surface area contributed by atoms with E-state index in [1.54, 1.807) is 12.5 Å². The molecule has 7 nitrogen and oxygen atoms in total. The van der Waals surface area contributed by atoms with Crippen LogP contribution in [0, 0.1) is 0 Å². The molecule has 1 saturated heterocycles. The van der Waals surface area contributed by atoms with Crippen molar-refractivity contribution >= 4 is 28.6 Å². The van der Waals surface area contributed by atoms with Crippen LogP contribution in [0.4, 0.5) is 0 Å². The van der Waals surface area contributed by atoms with Crippen LogP contribution in [-0.4, -0.2) is 56.6 Å². The molecule has 0 atom stereocenters. The first-order valence-corrected chi connectivity index (χ1v) is 9.90. The van der Waals surface area contributed by atoms with E-state index in [2.05, 4.69) is 15.0 Å². The van der Waals surface area contributed by atoms with Gasteiger partial charge in [0.2, 0.25) is 0 Å². The van der Waals surface area contributed by atoms with E-state index >= 15 is 0 Å². The average Bonchev–Trinajstić information content (AvgIpc) is 3.48. The number of nitrogens with zero attached hydrogens (tertiary/aromatic N) is 4. The molecule has 5 rings (SSSR count). The number of para-hydroxylation sites is 2. The van der Waals surface area contributed by atoms with Crippen molar-refractivity contribution in [3.05, 3.63) is 78.6 Å². The lowest BCUT2D eigenvalue weighted by atomic mass is 10.1. The van der Waals surface area contributed by atoms with Crippen molar-refractivity contribution in [1.29, 1.82) is 0 Å². The van der Waals surface area contributed by atoms with Gasteiger partial charge < -0.3 is 19.2 Å². The van der Waals surface area contributed by atoms with Crippen molar-refractivity contribution in [2.24, 2.45) is 0 Å². The molecule has 1 aliphatic rings. The molecule has 1 fully saturated rings. The number of H-pyrrole nitrogens is 1. The molecule has 2 aromatic carbocycles. The highest BCUT2D eigenvalue weighted by Gasteiger charge is 2.24. The van der Waals surface area contributed by atoms with E-state index < -0.39 is 0 Å². The van der Waals surface area contributed by atoms with Gasteiger partial charge >= 0.3 is 0 Å². The Morgan fingerprint density at radius 3 is 2.60 bits per heavy atom. The molecule has 0 unspecified atom stereocenters. The summed E-state index contributed by atoms with van der Waals surface area (Å²) in [5, 5.41) is 0.